The maximum atomic E-state index is 13.2. The molecule has 1 N–H and O–H groups in total. The smallest absolute Gasteiger partial charge is 0.288 e. The van der Waals surface area contributed by atoms with Crippen molar-refractivity contribution in [3.8, 4) is 0 Å². The molecule has 2 aromatic rings. The van der Waals surface area contributed by atoms with E-state index in [9.17, 15) is 19.1 Å². The van der Waals surface area contributed by atoms with Crippen LogP contribution in [-0.2, 0) is 16.1 Å². The first-order valence-electron chi connectivity index (χ1n) is 9.23. The Hall–Kier alpha value is -3.15. The summed E-state index contributed by atoms with van der Waals surface area (Å²) in [5, 5.41) is 10.5. The molecule has 1 saturated heterocycles. The minimum atomic E-state index is -0.532. The van der Waals surface area contributed by atoms with Crippen molar-refractivity contribution in [1.29, 1.82) is 0 Å². The highest BCUT2D eigenvalue weighted by molar-refractivity contribution is 6.05. The minimum Gasteiger partial charge on any atom is -0.503 e. The summed E-state index contributed by atoms with van der Waals surface area (Å²) >= 11 is 0. The molecule has 4 rings (SSSR count). The summed E-state index contributed by atoms with van der Waals surface area (Å²) in [5.74, 6) is -1.98. The molecular formula is C22H21FN2O3. The predicted octanol–water partition coefficient (Wildman–Crippen LogP) is 2.85. The highest BCUT2D eigenvalue weighted by atomic mass is 19.1. The van der Waals surface area contributed by atoms with Gasteiger partial charge in [-0.05, 0) is 23.3 Å². The van der Waals surface area contributed by atoms with Gasteiger partial charge in [0.1, 0.15) is 5.82 Å². The summed E-state index contributed by atoms with van der Waals surface area (Å²) in [7, 11) is 1.63. The molecule has 144 valence electrons. The van der Waals surface area contributed by atoms with Gasteiger partial charge < -0.3 is 14.9 Å². The standard InChI is InChI=1S/C22H21FN2O3/c1-24-12-18-17(15-5-3-2-4-6-15)13-25(11-14-7-9-16(23)10-8-14)21(27)19(18)20(26)22(24)28/h2-10,17-18,26H,11-13H2,1H3. The van der Waals surface area contributed by atoms with E-state index >= 15 is 0 Å². The topological polar surface area (TPSA) is 60.9 Å². The number of piperidine rings is 1. The first-order chi connectivity index (χ1) is 13.5. The normalized spacial score (nSPS) is 22.5. The van der Waals surface area contributed by atoms with Crippen LogP contribution in [0.1, 0.15) is 17.0 Å². The van der Waals surface area contributed by atoms with Crippen molar-refractivity contribution < 1.29 is 19.1 Å². The van der Waals surface area contributed by atoms with Crippen molar-refractivity contribution >= 4 is 11.8 Å². The van der Waals surface area contributed by atoms with Crippen LogP contribution in [-0.4, -0.2) is 46.9 Å². The number of aliphatic hydroxyl groups excluding tert-OH is 1. The van der Waals surface area contributed by atoms with Gasteiger partial charge in [0.05, 0.1) is 5.57 Å². The number of hydrogen-bond donors (Lipinski definition) is 1. The number of halogens is 1. The lowest BCUT2D eigenvalue weighted by Gasteiger charge is -2.43. The van der Waals surface area contributed by atoms with Crippen molar-refractivity contribution in [2.24, 2.45) is 5.92 Å². The molecule has 2 aromatic carbocycles. The Labute approximate surface area is 162 Å². The fraction of sp³-hybridized carbons (Fsp3) is 0.273. The fourth-order valence-electron chi connectivity index (χ4n) is 4.13. The molecule has 0 saturated carbocycles. The SMILES string of the molecule is CN1CC2C(=C(O)C1=O)C(=O)N(Cc1ccc(F)cc1)CC2c1ccccc1. The summed E-state index contributed by atoms with van der Waals surface area (Å²) in [6.07, 6.45) is 0. The van der Waals surface area contributed by atoms with Gasteiger partial charge in [0.15, 0.2) is 5.76 Å². The van der Waals surface area contributed by atoms with Crippen LogP contribution in [0.5, 0.6) is 0 Å². The van der Waals surface area contributed by atoms with Gasteiger partial charge in [-0.2, -0.15) is 0 Å². The Kier molecular flexibility index (Phi) is 4.63. The molecule has 2 heterocycles. The van der Waals surface area contributed by atoms with Gasteiger partial charge in [0.25, 0.3) is 11.8 Å². The average Bonchev–Trinajstić information content (AvgIpc) is 2.70. The van der Waals surface area contributed by atoms with E-state index in [-0.39, 0.29) is 35.7 Å². The van der Waals surface area contributed by atoms with Crippen LogP contribution in [0.25, 0.3) is 0 Å². The molecular weight excluding hydrogens is 359 g/mol. The number of amides is 2. The summed E-state index contributed by atoms with van der Waals surface area (Å²) in [6, 6.07) is 15.8. The van der Waals surface area contributed by atoms with Gasteiger partial charge in [-0.25, -0.2) is 4.39 Å². The number of likely N-dealkylation sites (N-methyl/N-ethyl adjacent to an activating group) is 1. The number of rotatable bonds is 3. The van der Waals surface area contributed by atoms with E-state index in [4.69, 9.17) is 0 Å². The molecule has 5 nitrogen and oxygen atoms in total. The zero-order valence-electron chi connectivity index (χ0n) is 15.5. The van der Waals surface area contributed by atoms with Crippen LogP contribution < -0.4 is 0 Å². The Bertz CT molecular complexity index is 940. The first kappa shape index (κ1) is 18.2. The van der Waals surface area contributed by atoms with Gasteiger partial charge in [-0.15, -0.1) is 0 Å². The lowest BCUT2D eigenvalue weighted by Crippen LogP contribution is -2.52. The zero-order chi connectivity index (χ0) is 19.8. The van der Waals surface area contributed by atoms with Gasteiger partial charge in [-0.3, -0.25) is 9.59 Å². The second kappa shape index (κ2) is 7.11. The number of carbonyl (C=O) groups excluding carboxylic acids is 2. The van der Waals surface area contributed by atoms with E-state index in [1.165, 1.54) is 17.0 Å². The summed E-state index contributed by atoms with van der Waals surface area (Å²) < 4.78 is 13.2. The van der Waals surface area contributed by atoms with Crippen molar-refractivity contribution in [3.63, 3.8) is 0 Å². The average molecular weight is 380 g/mol. The number of fused-ring (bicyclic) bond motifs is 1. The Morgan fingerprint density at radius 3 is 2.32 bits per heavy atom. The van der Waals surface area contributed by atoms with E-state index < -0.39 is 11.7 Å². The molecule has 2 aliphatic heterocycles. The molecule has 0 bridgehead atoms. The van der Waals surface area contributed by atoms with E-state index in [0.29, 0.717) is 13.1 Å². The van der Waals surface area contributed by atoms with Gasteiger partial charge >= 0.3 is 0 Å². The molecule has 2 amide bonds. The van der Waals surface area contributed by atoms with E-state index in [1.54, 1.807) is 24.1 Å². The molecule has 0 aromatic heterocycles. The summed E-state index contributed by atoms with van der Waals surface area (Å²) in [4.78, 5) is 28.5. The monoisotopic (exact) mass is 380 g/mol. The number of benzene rings is 2. The van der Waals surface area contributed by atoms with Crippen molar-refractivity contribution in [2.45, 2.75) is 12.5 Å². The molecule has 0 spiro atoms. The Morgan fingerprint density at radius 2 is 1.64 bits per heavy atom. The number of hydrogen-bond acceptors (Lipinski definition) is 3. The number of nitrogens with zero attached hydrogens (tertiary/aromatic N) is 2. The van der Waals surface area contributed by atoms with Crippen LogP contribution in [0.15, 0.2) is 65.9 Å². The van der Waals surface area contributed by atoms with Crippen LogP contribution in [0.4, 0.5) is 4.39 Å². The van der Waals surface area contributed by atoms with Crippen LogP contribution in [0, 0.1) is 11.7 Å². The number of aliphatic hydroxyl groups is 1. The van der Waals surface area contributed by atoms with Crippen LogP contribution >= 0.6 is 0 Å². The molecule has 2 atom stereocenters. The minimum absolute atomic E-state index is 0.0490. The quantitative estimate of drug-likeness (QED) is 0.891. The maximum absolute atomic E-state index is 13.2. The number of carbonyl (C=O) groups is 2. The van der Waals surface area contributed by atoms with Crippen molar-refractivity contribution in [2.75, 3.05) is 20.1 Å². The molecule has 1 fully saturated rings. The molecule has 6 heteroatoms. The Morgan fingerprint density at radius 1 is 0.964 bits per heavy atom. The zero-order valence-corrected chi connectivity index (χ0v) is 15.5. The predicted molar refractivity (Wildman–Crippen MR) is 102 cm³/mol. The maximum Gasteiger partial charge on any atom is 0.288 e. The van der Waals surface area contributed by atoms with Crippen LogP contribution in [0.2, 0.25) is 0 Å². The fourth-order valence-corrected chi connectivity index (χ4v) is 4.13. The van der Waals surface area contributed by atoms with Crippen LogP contribution in [0.3, 0.4) is 0 Å². The molecule has 2 unspecified atom stereocenters. The largest absolute Gasteiger partial charge is 0.503 e. The lowest BCUT2D eigenvalue weighted by molar-refractivity contribution is -0.137. The molecule has 0 aliphatic carbocycles. The van der Waals surface area contributed by atoms with E-state index in [2.05, 4.69) is 0 Å². The highest BCUT2D eigenvalue weighted by Crippen LogP contribution is 2.40. The first-order valence-corrected chi connectivity index (χ1v) is 9.23. The number of likely N-dealkylation sites (tertiary alicyclic amines) is 1. The second-order valence-corrected chi connectivity index (χ2v) is 7.38. The third kappa shape index (κ3) is 3.15. The molecule has 28 heavy (non-hydrogen) atoms. The highest BCUT2D eigenvalue weighted by Gasteiger charge is 2.46. The third-order valence-electron chi connectivity index (χ3n) is 5.58. The third-order valence-corrected chi connectivity index (χ3v) is 5.58. The van der Waals surface area contributed by atoms with Gasteiger partial charge in [0, 0.05) is 38.5 Å². The molecule has 2 aliphatic rings. The van der Waals surface area contributed by atoms with Gasteiger partial charge in [-0.1, -0.05) is 42.5 Å². The summed E-state index contributed by atoms with van der Waals surface area (Å²) in [6.45, 7) is 1.13. The summed E-state index contributed by atoms with van der Waals surface area (Å²) in [5.41, 5.74) is 2.03. The van der Waals surface area contributed by atoms with Crippen molar-refractivity contribution in [1.82, 2.24) is 9.80 Å². The second-order valence-electron chi connectivity index (χ2n) is 7.38. The van der Waals surface area contributed by atoms with E-state index in [1.807, 2.05) is 30.3 Å². The van der Waals surface area contributed by atoms with E-state index in [0.717, 1.165) is 11.1 Å². The Balaban J connectivity index is 1.74. The lowest BCUT2D eigenvalue weighted by atomic mass is 9.75. The van der Waals surface area contributed by atoms with Gasteiger partial charge in [0.2, 0.25) is 0 Å². The molecule has 0 radical (unpaired) electrons. The van der Waals surface area contributed by atoms with Crippen molar-refractivity contribution in [3.05, 3.63) is 82.9 Å².